The van der Waals surface area contributed by atoms with Crippen molar-refractivity contribution in [3.8, 4) is 0 Å². The molecule has 9 nitrogen and oxygen atoms in total. The molecule has 1 heterocycles. The van der Waals surface area contributed by atoms with Crippen LogP contribution >= 0.6 is 15.9 Å². The fourth-order valence-corrected chi connectivity index (χ4v) is 2.56. The molecular formula is C17H17BrN4O5S. The summed E-state index contributed by atoms with van der Waals surface area (Å²) >= 11 is 3.38. The number of hydrogen-bond donors (Lipinski definition) is 5. The van der Waals surface area contributed by atoms with Crippen molar-refractivity contribution >= 4 is 54.5 Å². The number of fused-ring (bicyclic) bond motifs is 1. The van der Waals surface area contributed by atoms with Gasteiger partial charge in [0.15, 0.2) is 0 Å². The van der Waals surface area contributed by atoms with E-state index >= 15 is 0 Å². The fourth-order valence-electron chi connectivity index (χ4n) is 2.18. The van der Waals surface area contributed by atoms with E-state index < -0.39 is 21.9 Å². The van der Waals surface area contributed by atoms with Crippen molar-refractivity contribution < 1.29 is 22.6 Å². The molecule has 0 saturated heterocycles. The zero-order valence-electron chi connectivity index (χ0n) is 14.6. The topological polar surface area (TPSA) is 154 Å². The molecule has 11 heteroatoms. The average molecular weight is 469 g/mol. The second-order valence-electron chi connectivity index (χ2n) is 5.64. The smallest absolute Gasteiger partial charge is 0.286 e. The number of H-pyrrole nitrogens is 1. The van der Waals surface area contributed by atoms with Crippen molar-refractivity contribution in [2.24, 2.45) is 0 Å². The number of anilines is 1. The first-order valence-electron chi connectivity index (χ1n) is 7.70. The molecule has 0 aliphatic heterocycles. The molecule has 1 aromatic heterocycles. The SMILES string of the molecule is CS(=O)(=O)O.Nc1ccccc1C(=O)NNC(=O)c1cc2cc(Br)ccc2[nH]1. The number of amides is 2. The van der Waals surface area contributed by atoms with Crippen molar-refractivity contribution in [2.75, 3.05) is 12.0 Å². The number of benzene rings is 2. The van der Waals surface area contributed by atoms with E-state index in [0.29, 0.717) is 23.2 Å². The van der Waals surface area contributed by atoms with E-state index in [1.54, 1.807) is 30.3 Å². The fraction of sp³-hybridized carbons (Fsp3) is 0.0588. The molecule has 148 valence electrons. The third-order valence-corrected chi connectivity index (χ3v) is 3.82. The number of hydrogen-bond acceptors (Lipinski definition) is 5. The van der Waals surface area contributed by atoms with E-state index in [9.17, 15) is 18.0 Å². The maximum absolute atomic E-state index is 12.1. The van der Waals surface area contributed by atoms with Crippen molar-refractivity contribution in [3.63, 3.8) is 0 Å². The van der Waals surface area contributed by atoms with Gasteiger partial charge < -0.3 is 10.7 Å². The highest BCUT2D eigenvalue weighted by Crippen LogP contribution is 2.20. The van der Waals surface area contributed by atoms with Gasteiger partial charge in [0.05, 0.1) is 11.8 Å². The van der Waals surface area contributed by atoms with Crippen molar-refractivity contribution in [2.45, 2.75) is 0 Å². The number of para-hydroxylation sites is 1. The molecule has 0 saturated carbocycles. The molecule has 0 bridgehead atoms. The molecule has 0 unspecified atom stereocenters. The van der Waals surface area contributed by atoms with Gasteiger partial charge in [-0.2, -0.15) is 8.42 Å². The van der Waals surface area contributed by atoms with Crippen LogP contribution in [0.3, 0.4) is 0 Å². The first kappa shape index (κ1) is 21.4. The Kier molecular flexibility index (Phi) is 6.78. The minimum Gasteiger partial charge on any atom is -0.398 e. The normalized spacial score (nSPS) is 10.7. The van der Waals surface area contributed by atoms with E-state index in [1.807, 2.05) is 18.2 Å². The highest BCUT2D eigenvalue weighted by Gasteiger charge is 2.13. The number of aromatic amines is 1. The first-order chi connectivity index (χ1) is 13.0. The highest BCUT2D eigenvalue weighted by atomic mass is 79.9. The lowest BCUT2D eigenvalue weighted by atomic mass is 10.2. The summed E-state index contributed by atoms with van der Waals surface area (Å²) in [6.45, 7) is 0. The number of carbonyl (C=O) groups excluding carboxylic acids is 2. The summed E-state index contributed by atoms with van der Waals surface area (Å²) in [7, 11) is -3.67. The summed E-state index contributed by atoms with van der Waals surface area (Å²) in [5.41, 5.74) is 12.2. The minimum absolute atomic E-state index is 0.299. The van der Waals surface area contributed by atoms with Crippen molar-refractivity contribution in [1.29, 1.82) is 0 Å². The molecule has 2 aromatic carbocycles. The Bertz CT molecular complexity index is 1120. The predicted octanol–water partition coefficient (Wildman–Crippen LogP) is 2.09. The van der Waals surface area contributed by atoms with Crippen LogP contribution in [0, 0.1) is 0 Å². The standard InChI is InChI=1S/C16H13BrN4O2.CH4O3S/c17-10-5-6-13-9(7-10)8-14(19-13)16(23)21-20-15(22)11-3-1-2-4-12(11)18;1-5(2,3)4/h1-8,19H,18H2,(H,20,22)(H,21,23);1H3,(H,2,3,4). The van der Waals surface area contributed by atoms with Gasteiger partial charge in [0.1, 0.15) is 5.69 Å². The summed E-state index contributed by atoms with van der Waals surface area (Å²) < 4.78 is 26.8. The molecule has 0 radical (unpaired) electrons. The minimum atomic E-state index is -3.67. The predicted molar refractivity (Wildman–Crippen MR) is 109 cm³/mol. The Hall–Kier alpha value is -2.89. The van der Waals surface area contributed by atoms with Gasteiger partial charge in [-0.3, -0.25) is 25.0 Å². The first-order valence-corrected chi connectivity index (χ1v) is 10.3. The molecule has 6 N–H and O–H groups in total. The molecule has 28 heavy (non-hydrogen) atoms. The van der Waals surface area contributed by atoms with Gasteiger partial charge >= 0.3 is 0 Å². The number of nitrogens with one attached hydrogen (secondary N) is 3. The molecular weight excluding hydrogens is 452 g/mol. The van der Waals surface area contributed by atoms with Crippen LogP contribution in [0.15, 0.2) is 53.0 Å². The van der Waals surface area contributed by atoms with Crippen molar-refractivity contribution in [3.05, 3.63) is 64.3 Å². The Labute approximate surface area is 169 Å². The van der Waals surface area contributed by atoms with Gasteiger partial charge in [-0.1, -0.05) is 28.1 Å². The van der Waals surface area contributed by atoms with Gasteiger partial charge in [-0.25, -0.2) is 0 Å². The lowest BCUT2D eigenvalue weighted by Crippen LogP contribution is -2.42. The van der Waals surface area contributed by atoms with E-state index in [-0.39, 0.29) is 0 Å². The summed E-state index contributed by atoms with van der Waals surface area (Å²) in [6, 6.07) is 14.0. The van der Waals surface area contributed by atoms with Gasteiger partial charge in [-0.15, -0.1) is 0 Å². The van der Waals surface area contributed by atoms with Crippen molar-refractivity contribution in [1.82, 2.24) is 15.8 Å². The molecule has 3 rings (SSSR count). The number of halogens is 1. The summed E-state index contributed by atoms with van der Waals surface area (Å²) in [4.78, 5) is 27.1. The number of rotatable bonds is 2. The van der Waals surface area contributed by atoms with Crippen LogP contribution in [0.25, 0.3) is 10.9 Å². The van der Waals surface area contributed by atoms with Crippen LogP contribution in [0.4, 0.5) is 5.69 Å². The molecule has 0 atom stereocenters. The Morgan fingerprint density at radius 1 is 1.07 bits per heavy atom. The number of aromatic nitrogens is 1. The number of carbonyl (C=O) groups is 2. The van der Waals surface area contributed by atoms with Gasteiger partial charge in [0.2, 0.25) is 0 Å². The van der Waals surface area contributed by atoms with E-state index in [2.05, 4.69) is 31.8 Å². The Balaban J connectivity index is 0.000000500. The van der Waals surface area contributed by atoms with Crippen LogP contribution in [0.5, 0.6) is 0 Å². The summed E-state index contributed by atoms with van der Waals surface area (Å²) in [5.74, 6) is -0.921. The number of nitrogens with two attached hydrogens (primary N) is 1. The largest absolute Gasteiger partial charge is 0.398 e. The monoisotopic (exact) mass is 468 g/mol. The molecule has 0 aliphatic carbocycles. The van der Waals surface area contributed by atoms with Crippen LogP contribution in [-0.4, -0.2) is 36.0 Å². The summed E-state index contributed by atoms with van der Waals surface area (Å²) in [6.07, 6.45) is 0.715. The second-order valence-corrected chi connectivity index (χ2v) is 8.02. The highest BCUT2D eigenvalue weighted by molar-refractivity contribution is 9.10. The summed E-state index contributed by atoms with van der Waals surface area (Å²) in [5, 5.41) is 0.892. The van der Waals surface area contributed by atoms with Gasteiger partial charge in [-0.05, 0) is 36.4 Å². The maximum atomic E-state index is 12.1. The second kappa shape index (κ2) is 8.87. The molecule has 3 aromatic rings. The number of hydrazine groups is 1. The number of nitrogen functional groups attached to an aromatic ring is 1. The Morgan fingerprint density at radius 2 is 1.68 bits per heavy atom. The Morgan fingerprint density at radius 3 is 2.32 bits per heavy atom. The molecule has 2 amide bonds. The lowest BCUT2D eigenvalue weighted by molar-refractivity contribution is 0.0845. The third kappa shape index (κ3) is 6.37. The molecule has 0 fully saturated rings. The molecule has 0 spiro atoms. The zero-order chi connectivity index (χ0) is 20.9. The van der Waals surface area contributed by atoms with Crippen LogP contribution in [0.2, 0.25) is 0 Å². The van der Waals surface area contributed by atoms with Gasteiger partial charge in [0, 0.05) is 21.1 Å². The molecule has 0 aliphatic rings. The van der Waals surface area contributed by atoms with Crippen LogP contribution < -0.4 is 16.6 Å². The quantitative estimate of drug-likeness (QED) is 0.220. The van der Waals surface area contributed by atoms with Crippen LogP contribution in [-0.2, 0) is 10.1 Å². The van der Waals surface area contributed by atoms with Gasteiger partial charge in [0.25, 0.3) is 21.9 Å². The van der Waals surface area contributed by atoms with E-state index in [0.717, 1.165) is 15.4 Å². The van der Waals surface area contributed by atoms with E-state index in [4.69, 9.17) is 10.3 Å². The third-order valence-electron chi connectivity index (χ3n) is 3.32. The van der Waals surface area contributed by atoms with Crippen LogP contribution in [0.1, 0.15) is 20.8 Å². The average Bonchev–Trinajstić information content (AvgIpc) is 3.01. The maximum Gasteiger partial charge on any atom is 0.286 e. The zero-order valence-corrected chi connectivity index (χ0v) is 17.0. The lowest BCUT2D eigenvalue weighted by Gasteiger charge is -2.08. The van der Waals surface area contributed by atoms with E-state index in [1.165, 1.54) is 0 Å².